The second-order valence-electron chi connectivity index (χ2n) is 7.87. The van der Waals surface area contributed by atoms with Crippen molar-refractivity contribution in [2.45, 2.75) is 40.7 Å². The molecule has 0 bridgehead atoms. The van der Waals surface area contributed by atoms with Gasteiger partial charge in [0.15, 0.2) is 5.16 Å². The number of benzene rings is 1. The molecule has 1 amide bonds. The number of aromatic nitrogens is 6. The van der Waals surface area contributed by atoms with Crippen molar-refractivity contribution >= 4 is 46.1 Å². The van der Waals surface area contributed by atoms with Crippen molar-refractivity contribution in [1.29, 1.82) is 0 Å². The van der Waals surface area contributed by atoms with Gasteiger partial charge in [-0.1, -0.05) is 25.6 Å². The van der Waals surface area contributed by atoms with Gasteiger partial charge in [0.2, 0.25) is 5.13 Å². The molecule has 0 unspecified atom stereocenters. The zero-order valence-corrected chi connectivity index (χ0v) is 23.5. The highest BCUT2D eigenvalue weighted by atomic mass is 32.2. The lowest BCUT2D eigenvalue weighted by molar-refractivity contribution is 0.101. The van der Waals surface area contributed by atoms with Crippen LogP contribution in [0.25, 0.3) is 0 Å². The van der Waals surface area contributed by atoms with Gasteiger partial charge >= 0.3 is 0 Å². The molecule has 0 aliphatic rings. The van der Waals surface area contributed by atoms with Crippen LogP contribution in [-0.2, 0) is 7.05 Å². The van der Waals surface area contributed by atoms with Gasteiger partial charge in [-0.15, -0.1) is 10.2 Å². The van der Waals surface area contributed by atoms with Crippen LogP contribution in [0, 0.1) is 6.92 Å². The molecule has 0 spiro atoms. The van der Waals surface area contributed by atoms with E-state index >= 15 is 0 Å². The van der Waals surface area contributed by atoms with Crippen LogP contribution in [0.5, 0.6) is 5.75 Å². The number of aryl methyl sites for hydroxylation is 2. The van der Waals surface area contributed by atoms with Crippen LogP contribution in [0.3, 0.4) is 0 Å². The van der Waals surface area contributed by atoms with E-state index in [1.54, 1.807) is 17.8 Å². The second-order valence-corrected chi connectivity index (χ2v) is 10.7. The fourth-order valence-corrected chi connectivity index (χ4v) is 5.46. The molecular formula is C24H28N8O2S3. The third-order valence-electron chi connectivity index (χ3n) is 5.28. The average molecular weight is 557 g/mol. The average Bonchev–Trinajstić information content (AvgIpc) is 3.50. The fourth-order valence-electron chi connectivity index (χ4n) is 3.26. The number of amides is 1. The molecule has 0 saturated heterocycles. The smallest absolute Gasteiger partial charge is 0.277 e. The minimum Gasteiger partial charge on any atom is -0.492 e. The van der Waals surface area contributed by atoms with E-state index in [1.807, 2.05) is 43.4 Å². The van der Waals surface area contributed by atoms with E-state index in [4.69, 9.17) is 4.74 Å². The molecule has 0 radical (unpaired) electrons. The lowest BCUT2D eigenvalue weighted by Gasteiger charge is -2.18. The third-order valence-corrected chi connectivity index (χ3v) is 8.05. The first-order valence-corrected chi connectivity index (χ1v) is 14.1. The van der Waals surface area contributed by atoms with Gasteiger partial charge in [0, 0.05) is 34.9 Å². The van der Waals surface area contributed by atoms with Crippen LogP contribution in [0.1, 0.15) is 30.2 Å². The number of nitrogens with one attached hydrogen (secondary N) is 1. The Balaban J connectivity index is 1.50. The Morgan fingerprint density at radius 1 is 1.11 bits per heavy atom. The molecule has 3 aromatic heterocycles. The van der Waals surface area contributed by atoms with E-state index in [2.05, 4.69) is 48.6 Å². The summed E-state index contributed by atoms with van der Waals surface area (Å²) < 4.78 is 11.8. The number of pyridine rings is 1. The van der Waals surface area contributed by atoms with Gasteiger partial charge in [0.25, 0.3) is 5.91 Å². The van der Waals surface area contributed by atoms with Gasteiger partial charge in [-0.2, -0.15) is 4.37 Å². The van der Waals surface area contributed by atoms with Gasteiger partial charge in [-0.25, -0.2) is 9.97 Å². The molecule has 37 heavy (non-hydrogen) atoms. The molecule has 0 saturated carbocycles. The first-order chi connectivity index (χ1) is 17.9. The molecule has 0 aliphatic heterocycles. The van der Waals surface area contributed by atoms with Crippen molar-refractivity contribution in [2.24, 2.45) is 7.05 Å². The predicted molar refractivity (Wildman–Crippen MR) is 146 cm³/mol. The molecule has 4 rings (SSSR count). The summed E-state index contributed by atoms with van der Waals surface area (Å²) in [6.45, 7) is 9.62. The predicted octanol–water partition coefficient (Wildman–Crippen LogP) is 4.65. The Hall–Kier alpha value is -3.00. The number of carbonyl (C=O) groups excluding carboxylic acids is 1. The first kappa shape index (κ1) is 27.0. The van der Waals surface area contributed by atoms with E-state index in [9.17, 15) is 4.79 Å². The lowest BCUT2D eigenvalue weighted by atomic mass is 10.3. The molecule has 0 aliphatic carbocycles. The number of anilines is 1. The number of rotatable bonds is 12. The maximum absolute atomic E-state index is 13.2. The summed E-state index contributed by atoms with van der Waals surface area (Å²) in [6, 6.07) is 11.6. The number of hydrogen-bond donors (Lipinski definition) is 1. The van der Waals surface area contributed by atoms with Crippen molar-refractivity contribution in [3.8, 4) is 5.75 Å². The number of likely N-dealkylation sites (N-methyl/N-ethyl adjacent to an activating group) is 1. The topological polar surface area (TPSA) is 111 Å². The quantitative estimate of drug-likeness (QED) is 0.265. The number of carbonyl (C=O) groups is 1. The molecule has 0 fully saturated rings. The van der Waals surface area contributed by atoms with Gasteiger partial charge in [0.05, 0.1) is 0 Å². The summed E-state index contributed by atoms with van der Waals surface area (Å²) in [5.74, 6) is 1.07. The van der Waals surface area contributed by atoms with Crippen molar-refractivity contribution in [3.63, 3.8) is 0 Å². The van der Waals surface area contributed by atoms with Gasteiger partial charge < -0.3 is 14.2 Å². The highest BCUT2D eigenvalue weighted by Crippen LogP contribution is 2.34. The SMILES string of the molecule is CCN(CC)CCOc1ccc(Sc2ccc(Sc3nncn3C)nc2C(=O)Nc2nc(C)ns2)cc1. The molecule has 0 atom stereocenters. The Morgan fingerprint density at radius 3 is 2.54 bits per heavy atom. The van der Waals surface area contributed by atoms with Crippen molar-refractivity contribution in [3.05, 3.63) is 54.2 Å². The van der Waals surface area contributed by atoms with Crippen molar-refractivity contribution in [1.82, 2.24) is 34.0 Å². The molecule has 1 N–H and O–H groups in total. The second kappa shape index (κ2) is 13.0. The van der Waals surface area contributed by atoms with Crippen LogP contribution >= 0.6 is 35.1 Å². The highest BCUT2D eigenvalue weighted by molar-refractivity contribution is 7.99. The molecule has 3 heterocycles. The Kier molecular flexibility index (Phi) is 9.50. The first-order valence-electron chi connectivity index (χ1n) is 11.7. The van der Waals surface area contributed by atoms with Gasteiger partial charge in [-0.3, -0.25) is 10.1 Å². The van der Waals surface area contributed by atoms with Gasteiger partial charge in [0.1, 0.15) is 35.2 Å². The van der Waals surface area contributed by atoms with Crippen LogP contribution in [0.2, 0.25) is 0 Å². The molecule has 1 aromatic carbocycles. The van der Waals surface area contributed by atoms with E-state index < -0.39 is 0 Å². The summed E-state index contributed by atoms with van der Waals surface area (Å²) >= 11 is 3.93. The van der Waals surface area contributed by atoms with Gasteiger partial charge in [-0.05, 0) is 68.2 Å². The Labute approximate surface area is 228 Å². The number of ether oxygens (including phenoxy) is 1. The largest absolute Gasteiger partial charge is 0.492 e. The standard InChI is InChI=1S/C24H28N8O2S3/c1-5-32(6-2)13-14-34-17-7-9-18(10-8-17)35-19-11-12-20(36-24-29-25-15-31(24)4)27-21(19)22(33)28-23-26-16(3)30-37-23/h7-12,15H,5-6,13-14H2,1-4H3,(H,26,28,30,33). The number of nitrogens with zero attached hydrogens (tertiary/aromatic N) is 7. The zero-order valence-electron chi connectivity index (χ0n) is 21.0. The summed E-state index contributed by atoms with van der Waals surface area (Å²) in [7, 11) is 1.86. The summed E-state index contributed by atoms with van der Waals surface area (Å²) in [4.78, 5) is 26.1. The number of hydrogen-bond acceptors (Lipinski definition) is 11. The third kappa shape index (κ3) is 7.51. The lowest BCUT2D eigenvalue weighted by Crippen LogP contribution is -2.27. The normalized spacial score (nSPS) is 11.2. The Morgan fingerprint density at radius 2 is 1.89 bits per heavy atom. The maximum atomic E-state index is 13.2. The maximum Gasteiger partial charge on any atom is 0.277 e. The fraction of sp³-hybridized carbons (Fsp3) is 0.333. The molecule has 10 nitrogen and oxygen atoms in total. The van der Waals surface area contributed by atoms with E-state index in [0.717, 1.165) is 46.7 Å². The molecule has 194 valence electrons. The van der Waals surface area contributed by atoms with E-state index in [0.29, 0.717) is 33.4 Å². The summed E-state index contributed by atoms with van der Waals surface area (Å²) in [5.41, 5.74) is 0.296. The van der Waals surface area contributed by atoms with Crippen molar-refractivity contribution < 1.29 is 9.53 Å². The summed E-state index contributed by atoms with van der Waals surface area (Å²) in [6.07, 6.45) is 1.62. The summed E-state index contributed by atoms with van der Waals surface area (Å²) in [5, 5.41) is 12.6. The minimum absolute atomic E-state index is 0.296. The zero-order chi connectivity index (χ0) is 26.2. The monoisotopic (exact) mass is 556 g/mol. The molecule has 13 heteroatoms. The molecular weight excluding hydrogens is 529 g/mol. The highest BCUT2D eigenvalue weighted by Gasteiger charge is 2.19. The van der Waals surface area contributed by atoms with E-state index in [-0.39, 0.29) is 5.91 Å². The van der Waals surface area contributed by atoms with Crippen LogP contribution in [-0.4, -0.2) is 66.2 Å². The van der Waals surface area contributed by atoms with Crippen LogP contribution in [0.15, 0.2) is 62.7 Å². The van der Waals surface area contributed by atoms with Crippen molar-refractivity contribution in [2.75, 3.05) is 31.6 Å². The van der Waals surface area contributed by atoms with E-state index in [1.165, 1.54) is 23.5 Å². The minimum atomic E-state index is -0.351. The molecule has 4 aromatic rings. The van der Waals surface area contributed by atoms with Crippen LogP contribution < -0.4 is 10.1 Å². The Bertz CT molecular complexity index is 1320. The van der Waals surface area contributed by atoms with Crippen LogP contribution in [0.4, 0.5) is 5.13 Å².